The van der Waals surface area contributed by atoms with E-state index >= 15 is 0 Å². The first-order valence-electron chi connectivity index (χ1n) is 6.19. The van der Waals surface area contributed by atoms with Crippen molar-refractivity contribution in [3.8, 4) is 0 Å². The molecule has 1 N–H and O–H groups in total. The van der Waals surface area contributed by atoms with E-state index < -0.39 is 5.60 Å². The summed E-state index contributed by atoms with van der Waals surface area (Å²) in [6, 6.07) is 4.43. The quantitative estimate of drug-likeness (QED) is 0.807. The molecule has 1 aliphatic rings. The van der Waals surface area contributed by atoms with Crippen LogP contribution in [0.1, 0.15) is 42.0 Å². The maximum Gasteiger partial charge on any atom is 0.0693 e. The summed E-state index contributed by atoms with van der Waals surface area (Å²) in [7, 11) is 0. The predicted octanol–water partition coefficient (Wildman–Crippen LogP) is 3.32. The molecule has 0 amide bonds. The van der Waals surface area contributed by atoms with E-state index in [1.807, 2.05) is 0 Å². The molecule has 0 bridgehead atoms. The largest absolute Gasteiger partial charge is 0.390 e. The number of rotatable bonds is 2. The van der Waals surface area contributed by atoms with Crippen LogP contribution < -0.4 is 0 Å². The fourth-order valence-electron chi connectivity index (χ4n) is 3.20. The maximum absolute atomic E-state index is 10.4. The molecule has 0 spiro atoms. The molecule has 1 aromatic carbocycles. The molecule has 0 unspecified atom stereocenters. The van der Waals surface area contributed by atoms with Crippen molar-refractivity contribution in [2.24, 2.45) is 5.92 Å². The molecular weight excluding hydrogens is 196 g/mol. The second-order valence-corrected chi connectivity index (χ2v) is 5.79. The summed E-state index contributed by atoms with van der Waals surface area (Å²) in [5, 5.41) is 10.4. The minimum Gasteiger partial charge on any atom is -0.390 e. The molecule has 2 rings (SSSR count). The van der Waals surface area contributed by atoms with E-state index in [9.17, 15) is 5.11 Å². The molecule has 1 aromatic rings. The van der Waals surface area contributed by atoms with Crippen LogP contribution in [0.5, 0.6) is 0 Å². The van der Waals surface area contributed by atoms with E-state index in [0.29, 0.717) is 5.92 Å². The summed E-state index contributed by atoms with van der Waals surface area (Å²) in [6.45, 7) is 8.65. The van der Waals surface area contributed by atoms with Crippen molar-refractivity contribution in [1.29, 1.82) is 0 Å². The van der Waals surface area contributed by atoms with Crippen LogP contribution in [0.15, 0.2) is 12.1 Å². The van der Waals surface area contributed by atoms with Gasteiger partial charge >= 0.3 is 0 Å². The van der Waals surface area contributed by atoms with Gasteiger partial charge in [-0.3, -0.25) is 0 Å². The maximum atomic E-state index is 10.4. The van der Waals surface area contributed by atoms with Crippen molar-refractivity contribution in [3.63, 3.8) is 0 Å². The van der Waals surface area contributed by atoms with Crippen LogP contribution in [-0.4, -0.2) is 10.7 Å². The van der Waals surface area contributed by atoms with Crippen LogP contribution in [0, 0.1) is 26.7 Å². The van der Waals surface area contributed by atoms with Gasteiger partial charge in [-0.15, -0.1) is 0 Å². The van der Waals surface area contributed by atoms with E-state index in [0.717, 1.165) is 19.3 Å². The lowest BCUT2D eigenvalue weighted by Gasteiger charge is -2.42. The smallest absolute Gasteiger partial charge is 0.0693 e. The summed E-state index contributed by atoms with van der Waals surface area (Å²) < 4.78 is 0. The Labute approximate surface area is 98.5 Å². The zero-order valence-electron chi connectivity index (χ0n) is 10.8. The highest BCUT2D eigenvalue weighted by molar-refractivity contribution is 5.38. The van der Waals surface area contributed by atoms with Crippen molar-refractivity contribution in [3.05, 3.63) is 34.4 Å². The average Bonchev–Trinajstić information content (AvgIpc) is 2.09. The second-order valence-electron chi connectivity index (χ2n) is 5.79. The molecule has 1 nitrogen and oxygen atoms in total. The standard InChI is InChI=1S/C15H22O/c1-10-5-12(3)14(13(4)6-10)9-15(16)7-11(2)8-15/h5-6,11,16H,7-9H2,1-4H3. The van der Waals surface area contributed by atoms with Gasteiger partial charge < -0.3 is 5.11 Å². The Balaban J connectivity index is 2.22. The van der Waals surface area contributed by atoms with Gasteiger partial charge in [-0.1, -0.05) is 24.6 Å². The molecule has 0 heterocycles. The zero-order valence-corrected chi connectivity index (χ0v) is 10.8. The van der Waals surface area contributed by atoms with Crippen molar-refractivity contribution < 1.29 is 5.11 Å². The summed E-state index contributed by atoms with van der Waals surface area (Å²) in [4.78, 5) is 0. The Bertz CT molecular complexity index is 377. The average molecular weight is 218 g/mol. The normalized spacial score (nSPS) is 28.9. The highest BCUT2D eigenvalue weighted by Crippen LogP contribution is 2.40. The minimum absolute atomic E-state index is 0.426. The van der Waals surface area contributed by atoms with E-state index in [-0.39, 0.29) is 0 Å². The molecule has 1 heteroatoms. The fourth-order valence-corrected chi connectivity index (χ4v) is 3.20. The molecule has 0 atom stereocenters. The molecule has 0 saturated heterocycles. The SMILES string of the molecule is Cc1cc(C)c(CC2(O)CC(C)C2)c(C)c1. The Morgan fingerprint density at radius 2 is 1.69 bits per heavy atom. The summed E-state index contributed by atoms with van der Waals surface area (Å²) in [5.41, 5.74) is 4.88. The second kappa shape index (κ2) is 3.89. The Morgan fingerprint density at radius 3 is 2.12 bits per heavy atom. The number of aliphatic hydroxyl groups is 1. The lowest BCUT2D eigenvalue weighted by atomic mass is 9.68. The highest BCUT2D eigenvalue weighted by Gasteiger charge is 2.40. The third-order valence-corrected chi connectivity index (χ3v) is 3.80. The highest BCUT2D eigenvalue weighted by atomic mass is 16.3. The lowest BCUT2D eigenvalue weighted by Crippen LogP contribution is -2.44. The molecule has 0 aromatic heterocycles. The molecule has 16 heavy (non-hydrogen) atoms. The third-order valence-electron chi connectivity index (χ3n) is 3.80. The van der Waals surface area contributed by atoms with E-state index in [4.69, 9.17) is 0 Å². The molecule has 88 valence electrons. The lowest BCUT2D eigenvalue weighted by molar-refractivity contribution is -0.0667. The summed E-state index contributed by atoms with van der Waals surface area (Å²) >= 11 is 0. The van der Waals surface area contributed by atoms with Crippen molar-refractivity contribution in [2.45, 2.75) is 52.6 Å². The van der Waals surface area contributed by atoms with Crippen molar-refractivity contribution >= 4 is 0 Å². The minimum atomic E-state index is -0.426. The number of aryl methyl sites for hydroxylation is 3. The topological polar surface area (TPSA) is 20.2 Å². The molecular formula is C15H22O. The van der Waals surface area contributed by atoms with Crippen LogP contribution in [0.2, 0.25) is 0 Å². The Kier molecular flexibility index (Phi) is 2.83. The molecule has 0 aliphatic heterocycles. The fraction of sp³-hybridized carbons (Fsp3) is 0.600. The van der Waals surface area contributed by atoms with Gasteiger partial charge in [0.15, 0.2) is 0 Å². The number of benzene rings is 1. The van der Waals surface area contributed by atoms with Gasteiger partial charge in [0.1, 0.15) is 0 Å². The first-order chi connectivity index (χ1) is 7.39. The van der Waals surface area contributed by atoms with Gasteiger partial charge in [-0.2, -0.15) is 0 Å². The van der Waals surface area contributed by atoms with Gasteiger partial charge in [-0.25, -0.2) is 0 Å². The Morgan fingerprint density at radius 1 is 1.19 bits per heavy atom. The molecule has 1 saturated carbocycles. The van der Waals surface area contributed by atoms with Crippen LogP contribution in [0.25, 0.3) is 0 Å². The van der Waals surface area contributed by atoms with Crippen LogP contribution >= 0.6 is 0 Å². The molecule has 1 fully saturated rings. The van der Waals surface area contributed by atoms with Crippen LogP contribution in [0.4, 0.5) is 0 Å². The molecule has 1 aliphatic carbocycles. The first-order valence-corrected chi connectivity index (χ1v) is 6.19. The number of hydrogen-bond donors (Lipinski definition) is 1. The van der Waals surface area contributed by atoms with E-state index in [1.54, 1.807) is 0 Å². The van der Waals surface area contributed by atoms with Crippen molar-refractivity contribution in [1.82, 2.24) is 0 Å². The van der Waals surface area contributed by atoms with E-state index in [2.05, 4.69) is 39.8 Å². The predicted molar refractivity (Wildman–Crippen MR) is 67.7 cm³/mol. The van der Waals surface area contributed by atoms with Crippen LogP contribution in [-0.2, 0) is 6.42 Å². The van der Waals surface area contributed by atoms with Crippen molar-refractivity contribution in [2.75, 3.05) is 0 Å². The van der Waals surface area contributed by atoms with Gasteiger partial charge in [0.05, 0.1) is 5.60 Å². The van der Waals surface area contributed by atoms with Gasteiger partial charge in [0.25, 0.3) is 0 Å². The Hall–Kier alpha value is -0.820. The third kappa shape index (κ3) is 2.15. The van der Waals surface area contributed by atoms with Crippen LogP contribution in [0.3, 0.4) is 0 Å². The van der Waals surface area contributed by atoms with Gasteiger partial charge in [0.2, 0.25) is 0 Å². The summed E-state index contributed by atoms with van der Waals surface area (Å²) in [5.74, 6) is 0.691. The van der Waals surface area contributed by atoms with Gasteiger partial charge in [0, 0.05) is 6.42 Å². The zero-order chi connectivity index (χ0) is 11.9. The summed E-state index contributed by atoms with van der Waals surface area (Å²) in [6.07, 6.45) is 2.74. The van der Waals surface area contributed by atoms with E-state index in [1.165, 1.54) is 22.3 Å². The first kappa shape index (κ1) is 11.7. The van der Waals surface area contributed by atoms with Gasteiger partial charge in [-0.05, 0) is 56.2 Å². The number of hydrogen-bond acceptors (Lipinski definition) is 1. The molecule has 0 radical (unpaired) electrons. The monoisotopic (exact) mass is 218 g/mol.